The number of hydrogen-bond acceptors (Lipinski definition) is 4. The van der Waals surface area contributed by atoms with Crippen LogP contribution in [0, 0.1) is 0 Å². The number of thioether (sulfide) groups is 1. The van der Waals surface area contributed by atoms with Gasteiger partial charge < -0.3 is 4.74 Å². The van der Waals surface area contributed by atoms with E-state index in [2.05, 4.69) is 12.2 Å². The highest BCUT2D eigenvalue weighted by atomic mass is 32.2. The number of carbonyl (C=O) groups excluding carboxylic acids is 1. The molecule has 1 aliphatic carbocycles. The number of rotatable bonds is 4. The Morgan fingerprint density at radius 2 is 2.00 bits per heavy atom. The van der Waals surface area contributed by atoms with Gasteiger partial charge in [-0.25, -0.2) is 0 Å². The van der Waals surface area contributed by atoms with E-state index in [0.29, 0.717) is 17.9 Å². The Hall–Kier alpha value is -0.220. The second kappa shape index (κ2) is 6.98. The molecule has 1 heterocycles. The summed E-state index contributed by atoms with van der Waals surface area (Å²) in [5.41, 5.74) is -0.422. The lowest BCUT2D eigenvalue weighted by molar-refractivity contribution is -0.150. The SMILES string of the molecule is CCOC(=O)C1(NC2CCCCCC2)CSC(C)C1. The maximum Gasteiger partial charge on any atom is 0.327 e. The van der Waals surface area contributed by atoms with Crippen LogP contribution < -0.4 is 5.32 Å². The van der Waals surface area contributed by atoms with E-state index in [-0.39, 0.29) is 5.97 Å². The zero-order chi connectivity index (χ0) is 13.7. The minimum absolute atomic E-state index is 0.0314. The van der Waals surface area contributed by atoms with Crippen LogP contribution in [-0.4, -0.2) is 35.2 Å². The fourth-order valence-electron chi connectivity index (χ4n) is 3.28. The molecule has 4 heteroatoms. The molecule has 1 saturated carbocycles. The van der Waals surface area contributed by atoms with Crippen molar-refractivity contribution in [1.29, 1.82) is 0 Å². The van der Waals surface area contributed by atoms with Gasteiger partial charge in [-0.15, -0.1) is 0 Å². The van der Waals surface area contributed by atoms with Gasteiger partial charge in [0, 0.05) is 17.0 Å². The standard InChI is InChI=1S/C15H27NO2S/c1-3-18-14(17)15(10-12(2)19-11-15)16-13-8-6-4-5-7-9-13/h12-13,16H,3-11H2,1-2H3. The van der Waals surface area contributed by atoms with Gasteiger partial charge in [0.1, 0.15) is 5.54 Å². The molecule has 2 aliphatic rings. The van der Waals surface area contributed by atoms with Crippen LogP contribution in [0.2, 0.25) is 0 Å². The molecular formula is C15H27NO2S. The van der Waals surface area contributed by atoms with E-state index < -0.39 is 5.54 Å². The van der Waals surface area contributed by atoms with Crippen LogP contribution in [0.3, 0.4) is 0 Å². The van der Waals surface area contributed by atoms with Gasteiger partial charge in [-0.05, 0) is 26.2 Å². The Kier molecular flexibility index (Phi) is 5.58. The number of nitrogens with one attached hydrogen (secondary N) is 1. The molecule has 0 bridgehead atoms. The van der Waals surface area contributed by atoms with Gasteiger partial charge in [0.25, 0.3) is 0 Å². The van der Waals surface area contributed by atoms with Gasteiger partial charge in [-0.1, -0.05) is 32.6 Å². The number of ether oxygens (including phenoxy) is 1. The maximum atomic E-state index is 12.4. The number of carbonyl (C=O) groups is 1. The van der Waals surface area contributed by atoms with Crippen LogP contribution in [0.25, 0.3) is 0 Å². The van der Waals surface area contributed by atoms with Gasteiger partial charge in [-0.2, -0.15) is 11.8 Å². The predicted octanol–water partition coefficient (Wildman–Crippen LogP) is 3.13. The fraction of sp³-hybridized carbons (Fsp3) is 0.933. The Morgan fingerprint density at radius 3 is 2.53 bits per heavy atom. The summed E-state index contributed by atoms with van der Waals surface area (Å²) in [6.07, 6.45) is 8.59. The fourth-order valence-corrected chi connectivity index (χ4v) is 4.57. The Bertz CT molecular complexity index is 303. The van der Waals surface area contributed by atoms with Crippen molar-refractivity contribution < 1.29 is 9.53 Å². The van der Waals surface area contributed by atoms with E-state index in [9.17, 15) is 4.79 Å². The summed E-state index contributed by atoms with van der Waals surface area (Å²) in [7, 11) is 0. The van der Waals surface area contributed by atoms with E-state index in [0.717, 1.165) is 12.2 Å². The third-order valence-corrected chi connectivity index (χ3v) is 5.65. The minimum Gasteiger partial charge on any atom is -0.465 e. The van der Waals surface area contributed by atoms with Crippen LogP contribution in [0.5, 0.6) is 0 Å². The molecule has 1 aliphatic heterocycles. The zero-order valence-electron chi connectivity index (χ0n) is 12.2. The van der Waals surface area contributed by atoms with Crippen molar-refractivity contribution >= 4 is 17.7 Å². The van der Waals surface area contributed by atoms with Crippen molar-refractivity contribution in [3.05, 3.63) is 0 Å². The Balaban J connectivity index is 2.02. The molecule has 2 fully saturated rings. The van der Waals surface area contributed by atoms with Crippen molar-refractivity contribution in [1.82, 2.24) is 5.32 Å². The molecule has 1 N–H and O–H groups in total. The largest absolute Gasteiger partial charge is 0.465 e. The summed E-state index contributed by atoms with van der Waals surface area (Å²) in [5, 5.41) is 4.24. The summed E-state index contributed by atoms with van der Waals surface area (Å²) >= 11 is 1.89. The highest BCUT2D eigenvalue weighted by molar-refractivity contribution is 8.00. The van der Waals surface area contributed by atoms with Gasteiger partial charge >= 0.3 is 5.97 Å². The van der Waals surface area contributed by atoms with E-state index in [1.807, 2.05) is 18.7 Å². The molecule has 110 valence electrons. The van der Waals surface area contributed by atoms with Crippen molar-refractivity contribution in [3.63, 3.8) is 0 Å². The highest BCUT2D eigenvalue weighted by Gasteiger charge is 2.46. The second-order valence-corrected chi connectivity index (χ2v) is 7.39. The smallest absolute Gasteiger partial charge is 0.327 e. The average molecular weight is 285 g/mol. The van der Waals surface area contributed by atoms with Crippen molar-refractivity contribution in [2.24, 2.45) is 0 Å². The first-order chi connectivity index (χ1) is 9.16. The lowest BCUT2D eigenvalue weighted by Crippen LogP contribution is -2.57. The van der Waals surface area contributed by atoms with Crippen LogP contribution in [0.15, 0.2) is 0 Å². The zero-order valence-corrected chi connectivity index (χ0v) is 13.1. The molecule has 2 rings (SSSR count). The van der Waals surface area contributed by atoms with Crippen LogP contribution in [0.4, 0.5) is 0 Å². The monoisotopic (exact) mass is 285 g/mol. The van der Waals surface area contributed by atoms with Crippen LogP contribution in [-0.2, 0) is 9.53 Å². The molecule has 0 aromatic heterocycles. The van der Waals surface area contributed by atoms with Gasteiger partial charge in [-0.3, -0.25) is 10.1 Å². The van der Waals surface area contributed by atoms with E-state index in [1.54, 1.807) is 0 Å². The van der Waals surface area contributed by atoms with E-state index in [4.69, 9.17) is 4.74 Å². The maximum absolute atomic E-state index is 12.4. The number of hydrogen-bond donors (Lipinski definition) is 1. The van der Waals surface area contributed by atoms with E-state index >= 15 is 0 Å². The molecular weight excluding hydrogens is 258 g/mol. The molecule has 0 spiro atoms. The average Bonchev–Trinajstić information content (AvgIpc) is 2.61. The second-order valence-electron chi connectivity index (χ2n) is 5.96. The van der Waals surface area contributed by atoms with Crippen molar-refractivity contribution in [3.8, 4) is 0 Å². The first kappa shape index (κ1) is 15.2. The molecule has 19 heavy (non-hydrogen) atoms. The lowest BCUT2D eigenvalue weighted by atomic mass is 9.93. The lowest BCUT2D eigenvalue weighted by Gasteiger charge is -2.32. The molecule has 0 aromatic carbocycles. The normalized spacial score (nSPS) is 33.1. The molecule has 0 radical (unpaired) electrons. The summed E-state index contributed by atoms with van der Waals surface area (Å²) in [6, 6.07) is 0.498. The van der Waals surface area contributed by atoms with Gasteiger partial charge in [0.15, 0.2) is 0 Å². The summed E-state index contributed by atoms with van der Waals surface area (Å²) in [6.45, 7) is 4.58. The summed E-state index contributed by atoms with van der Waals surface area (Å²) < 4.78 is 5.34. The quantitative estimate of drug-likeness (QED) is 0.636. The van der Waals surface area contributed by atoms with Gasteiger partial charge in [0.2, 0.25) is 0 Å². The molecule has 0 aromatic rings. The van der Waals surface area contributed by atoms with Gasteiger partial charge in [0.05, 0.1) is 6.61 Å². The summed E-state index contributed by atoms with van der Waals surface area (Å²) in [4.78, 5) is 12.4. The summed E-state index contributed by atoms with van der Waals surface area (Å²) in [5.74, 6) is 0.833. The number of esters is 1. The Labute approximate surface area is 121 Å². The Morgan fingerprint density at radius 1 is 1.32 bits per heavy atom. The van der Waals surface area contributed by atoms with Crippen LogP contribution >= 0.6 is 11.8 Å². The van der Waals surface area contributed by atoms with Crippen molar-refractivity contribution in [2.45, 2.75) is 75.6 Å². The minimum atomic E-state index is -0.422. The van der Waals surface area contributed by atoms with Crippen molar-refractivity contribution in [2.75, 3.05) is 12.4 Å². The van der Waals surface area contributed by atoms with Crippen LogP contribution in [0.1, 0.15) is 58.8 Å². The molecule has 1 saturated heterocycles. The highest BCUT2D eigenvalue weighted by Crippen LogP contribution is 2.36. The first-order valence-corrected chi connectivity index (χ1v) is 8.78. The third-order valence-electron chi connectivity index (χ3n) is 4.25. The molecule has 0 amide bonds. The molecule has 3 nitrogen and oxygen atoms in total. The molecule has 2 atom stereocenters. The molecule has 2 unspecified atom stereocenters. The predicted molar refractivity (Wildman–Crippen MR) is 80.5 cm³/mol. The first-order valence-electron chi connectivity index (χ1n) is 7.73. The van der Waals surface area contributed by atoms with E-state index in [1.165, 1.54) is 38.5 Å². The third kappa shape index (κ3) is 3.88. The topological polar surface area (TPSA) is 38.3 Å².